The molecule has 162 valence electrons. The maximum absolute atomic E-state index is 11.3. The van der Waals surface area contributed by atoms with Crippen molar-refractivity contribution >= 4 is 67.9 Å². The minimum Gasteiger partial charge on any atom is -0.387 e. The molecule has 1 N–H and O–H groups in total. The largest absolute Gasteiger partial charge is 0.387 e. The number of hydrogen-bond donors (Lipinski definition) is 1. The summed E-state index contributed by atoms with van der Waals surface area (Å²) in [6, 6.07) is 9.35. The van der Waals surface area contributed by atoms with Gasteiger partial charge in [0.1, 0.15) is 0 Å². The topological polar surface area (TPSA) is 23.5 Å². The molecule has 0 heterocycles. The lowest BCUT2D eigenvalue weighted by atomic mass is 9.94. The molecular formula is C24H27Cl4NO. The molecule has 0 saturated heterocycles. The van der Waals surface area contributed by atoms with Crippen molar-refractivity contribution in [3.63, 3.8) is 0 Å². The van der Waals surface area contributed by atoms with Crippen molar-refractivity contribution in [3.05, 3.63) is 56.0 Å². The number of aliphatic hydroxyl groups excluding tert-OH is 1. The highest BCUT2D eigenvalue weighted by Crippen LogP contribution is 2.39. The molecule has 1 unspecified atom stereocenters. The predicted molar refractivity (Wildman–Crippen MR) is 133 cm³/mol. The Morgan fingerprint density at radius 3 is 1.80 bits per heavy atom. The first-order valence-corrected chi connectivity index (χ1v) is 12.0. The zero-order valence-corrected chi connectivity index (χ0v) is 20.3. The van der Waals surface area contributed by atoms with Crippen LogP contribution in [0.15, 0.2) is 30.3 Å². The van der Waals surface area contributed by atoms with Gasteiger partial charge in [0.2, 0.25) is 0 Å². The highest BCUT2D eigenvalue weighted by molar-refractivity contribution is 6.44. The zero-order chi connectivity index (χ0) is 21.8. The molecule has 30 heavy (non-hydrogen) atoms. The van der Waals surface area contributed by atoms with Crippen LogP contribution in [0.5, 0.6) is 0 Å². The van der Waals surface area contributed by atoms with Crippen LogP contribution in [-0.4, -0.2) is 29.6 Å². The Kier molecular flexibility index (Phi) is 8.55. The molecule has 3 aromatic rings. The van der Waals surface area contributed by atoms with Gasteiger partial charge >= 0.3 is 0 Å². The fourth-order valence-corrected chi connectivity index (χ4v) is 4.51. The zero-order valence-electron chi connectivity index (χ0n) is 17.3. The minimum atomic E-state index is -0.655. The highest BCUT2D eigenvalue weighted by Gasteiger charge is 2.19. The molecule has 0 aliphatic rings. The van der Waals surface area contributed by atoms with Crippen molar-refractivity contribution in [1.29, 1.82) is 0 Å². The first-order valence-electron chi connectivity index (χ1n) is 10.5. The maximum atomic E-state index is 11.3. The Hall–Kier alpha value is -0.740. The number of fused-ring (bicyclic) bond motifs is 3. The first-order chi connectivity index (χ1) is 14.3. The van der Waals surface area contributed by atoms with E-state index in [-0.39, 0.29) is 0 Å². The van der Waals surface area contributed by atoms with Gasteiger partial charge in [0.25, 0.3) is 0 Å². The Balaban J connectivity index is 2.10. The SMILES string of the molecule is CCCCN(CCCC)CC(O)c1cc2cc(Cl)c(Cl)cc2c2cc(Cl)c(Cl)cc12. The summed E-state index contributed by atoms with van der Waals surface area (Å²) >= 11 is 25.2. The number of rotatable bonds is 9. The second kappa shape index (κ2) is 10.7. The van der Waals surface area contributed by atoms with E-state index >= 15 is 0 Å². The van der Waals surface area contributed by atoms with Crippen LogP contribution in [0.1, 0.15) is 51.2 Å². The molecule has 6 heteroatoms. The quantitative estimate of drug-likeness (QED) is 0.306. The average Bonchev–Trinajstić information content (AvgIpc) is 2.71. The molecule has 0 fully saturated rings. The summed E-state index contributed by atoms with van der Waals surface area (Å²) < 4.78 is 0. The van der Waals surface area contributed by atoms with Crippen LogP contribution >= 0.6 is 46.4 Å². The third-order valence-corrected chi connectivity index (χ3v) is 6.96. The highest BCUT2D eigenvalue weighted by atomic mass is 35.5. The van der Waals surface area contributed by atoms with Crippen molar-refractivity contribution in [2.75, 3.05) is 19.6 Å². The van der Waals surface area contributed by atoms with Gasteiger partial charge in [0.05, 0.1) is 26.2 Å². The van der Waals surface area contributed by atoms with Crippen molar-refractivity contribution in [2.24, 2.45) is 0 Å². The fourth-order valence-electron chi connectivity index (χ4n) is 3.85. The van der Waals surface area contributed by atoms with E-state index in [1.165, 1.54) is 0 Å². The van der Waals surface area contributed by atoms with E-state index in [9.17, 15) is 5.11 Å². The molecule has 0 bridgehead atoms. The van der Waals surface area contributed by atoms with E-state index in [0.717, 1.165) is 65.9 Å². The van der Waals surface area contributed by atoms with Crippen molar-refractivity contribution in [3.8, 4) is 0 Å². The summed E-state index contributed by atoms with van der Waals surface area (Å²) in [5.41, 5.74) is 0.826. The summed E-state index contributed by atoms with van der Waals surface area (Å²) in [7, 11) is 0. The first kappa shape index (κ1) is 23.9. The Labute approximate surface area is 198 Å². The van der Waals surface area contributed by atoms with Crippen molar-refractivity contribution in [1.82, 2.24) is 4.90 Å². The van der Waals surface area contributed by atoms with Crippen LogP contribution in [0, 0.1) is 0 Å². The van der Waals surface area contributed by atoms with Crippen LogP contribution < -0.4 is 0 Å². The molecule has 3 aromatic carbocycles. The van der Waals surface area contributed by atoms with E-state index < -0.39 is 6.10 Å². The third-order valence-electron chi connectivity index (χ3n) is 5.51. The molecule has 0 spiro atoms. The maximum Gasteiger partial charge on any atom is 0.0923 e. The van der Waals surface area contributed by atoms with Gasteiger partial charge in [0.15, 0.2) is 0 Å². The van der Waals surface area contributed by atoms with E-state index in [1.807, 2.05) is 30.3 Å². The number of hydrogen-bond acceptors (Lipinski definition) is 2. The van der Waals surface area contributed by atoms with Crippen LogP contribution in [0.3, 0.4) is 0 Å². The molecule has 0 amide bonds. The van der Waals surface area contributed by atoms with Crippen LogP contribution in [0.4, 0.5) is 0 Å². The van der Waals surface area contributed by atoms with Crippen LogP contribution in [0.2, 0.25) is 20.1 Å². The minimum absolute atomic E-state index is 0.464. The summed E-state index contributed by atoms with van der Waals surface area (Å²) in [5.74, 6) is 0. The van der Waals surface area contributed by atoms with Gasteiger partial charge in [-0.15, -0.1) is 0 Å². The molecule has 3 rings (SSSR count). The summed E-state index contributed by atoms with van der Waals surface area (Å²) in [5, 5.41) is 16.8. The number of unbranched alkanes of at least 4 members (excludes halogenated alkanes) is 2. The fraction of sp³-hybridized carbons (Fsp3) is 0.417. The molecule has 2 nitrogen and oxygen atoms in total. The normalized spacial score (nSPS) is 12.9. The number of nitrogens with zero attached hydrogens (tertiary/aromatic N) is 1. The lowest BCUT2D eigenvalue weighted by Gasteiger charge is -2.26. The third kappa shape index (κ3) is 5.35. The lowest BCUT2D eigenvalue weighted by Crippen LogP contribution is -2.30. The van der Waals surface area contributed by atoms with Gasteiger partial charge in [-0.2, -0.15) is 0 Å². The monoisotopic (exact) mass is 485 g/mol. The van der Waals surface area contributed by atoms with E-state index in [4.69, 9.17) is 46.4 Å². The standard InChI is InChI=1S/C24H27Cl4NO/c1-3-5-7-29(8-6-4-2)14-24(30)19-9-15-10-20(25)21(26)11-16(15)17-12-22(27)23(28)13-18(17)19/h9-13,24,30H,3-8,14H2,1-2H3. The molecule has 1 atom stereocenters. The lowest BCUT2D eigenvalue weighted by molar-refractivity contribution is 0.112. The second-order valence-corrected chi connectivity index (χ2v) is 9.42. The number of aliphatic hydroxyl groups is 1. The van der Waals surface area contributed by atoms with Gasteiger partial charge < -0.3 is 10.0 Å². The summed E-state index contributed by atoms with van der Waals surface area (Å²) in [6.07, 6.45) is 3.84. The van der Waals surface area contributed by atoms with Crippen LogP contribution in [-0.2, 0) is 0 Å². The van der Waals surface area contributed by atoms with Crippen LogP contribution in [0.25, 0.3) is 21.5 Å². The Bertz CT molecular complexity index is 1030. The van der Waals surface area contributed by atoms with E-state index in [2.05, 4.69) is 18.7 Å². The number of halogens is 4. The predicted octanol–water partition coefficient (Wildman–Crippen LogP) is 8.54. The molecule has 0 aliphatic heterocycles. The Morgan fingerprint density at radius 1 is 0.733 bits per heavy atom. The van der Waals surface area contributed by atoms with Crippen molar-refractivity contribution < 1.29 is 5.11 Å². The second-order valence-electron chi connectivity index (χ2n) is 7.79. The smallest absolute Gasteiger partial charge is 0.0923 e. The van der Waals surface area contributed by atoms with Gasteiger partial charge in [-0.05, 0) is 83.4 Å². The average molecular weight is 487 g/mol. The summed E-state index contributed by atoms with van der Waals surface area (Å²) in [6.45, 7) is 6.90. The van der Waals surface area contributed by atoms with Gasteiger partial charge in [-0.25, -0.2) is 0 Å². The molecular weight excluding hydrogens is 460 g/mol. The molecule has 0 aliphatic carbocycles. The Morgan fingerprint density at radius 2 is 1.23 bits per heavy atom. The van der Waals surface area contributed by atoms with Gasteiger partial charge in [0, 0.05) is 6.54 Å². The van der Waals surface area contributed by atoms with Gasteiger partial charge in [-0.3, -0.25) is 0 Å². The molecule has 0 aromatic heterocycles. The molecule has 0 radical (unpaired) electrons. The van der Waals surface area contributed by atoms with E-state index in [0.29, 0.717) is 26.6 Å². The van der Waals surface area contributed by atoms with E-state index in [1.54, 1.807) is 0 Å². The van der Waals surface area contributed by atoms with Crippen molar-refractivity contribution in [2.45, 2.75) is 45.6 Å². The van der Waals surface area contributed by atoms with Gasteiger partial charge in [-0.1, -0.05) is 73.1 Å². The molecule has 0 saturated carbocycles. The number of benzene rings is 3. The summed E-state index contributed by atoms with van der Waals surface area (Å²) in [4.78, 5) is 2.35.